The first-order chi connectivity index (χ1) is 14.5. The van der Waals surface area contributed by atoms with Gasteiger partial charge in [0.15, 0.2) is 0 Å². The van der Waals surface area contributed by atoms with E-state index in [0.717, 1.165) is 44.0 Å². The van der Waals surface area contributed by atoms with Crippen LogP contribution in [0.4, 0.5) is 24.5 Å². The number of hydrogen-bond donors (Lipinski definition) is 0. The molecule has 0 amide bonds. The summed E-state index contributed by atoms with van der Waals surface area (Å²) in [5.41, 5.74) is 7.11. The van der Waals surface area contributed by atoms with Gasteiger partial charge in [-0.15, -0.1) is 13.2 Å². The molecule has 2 aliphatic rings. The maximum Gasteiger partial charge on any atom is 0.573 e. The number of fused-ring (bicyclic) bond motifs is 1. The summed E-state index contributed by atoms with van der Waals surface area (Å²) in [6.45, 7) is 14.1. The van der Waals surface area contributed by atoms with Crippen molar-refractivity contribution in [3.8, 4) is 11.5 Å². The monoisotopic (exact) mass is 434 g/mol. The largest absolute Gasteiger partial charge is 0.573 e. The Kier molecular flexibility index (Phi) is 5.26. The van der Waals surface area contributed by atoms with Crippen LogP contribution in [-0.4, -0.2) is 38.1 Å². The molecule has 1 saturated heterocycles. The molecule has 0 spiro atoms. The fourth-order valence-corrected chi connectivity index (χ4v) is 4.78. The van der Waals surface area contributed by atoms with E-state index in [1.807, 2.05) is 0 Å². The minimum absolute atomic E-state index is 0.177. The first kappa shape index (κ1) is 21.7. The molecule has 0 saturated carbocycles. The van der Waals surface area contributed by atoms with Crippen LogP contribution < -0.4 is 19.3 Å². The van der Waals surface area contributed by atoms with Gasteiger partial charge in [-0.05, 0) is 75.6 Å². The number of halogens is 3. The van der Waals surface area contributed by atoms with Crippen molar-refractivity contribution in [2.75, 3.05) is 36.0 Å². The third-order valence-electron chi connectivity index (χ3n) is 6.35. The molecule has 0 radical (unpaired) electrons. The Hall–Kier alpha value is -2.57. The van der Waals surface area contributed by atoms with Crippen molar-refractivity contribution in [2.24, 2.45) is 0 Å². The third-order valence-corrected chi connectivity index (χ3v) is 6.35. The highest BCUT2D eigenvalue weighted by molar-refractivity contribution is 5.70. The van der Waals surface area contributed by atoms with Crippen molar-refractivity contribution < 1.29 is 22.6 Å². The van der Waals surface area contributed by atoms with Gasteiger partial charge in [0, 0.05) is 49.5 Å². The van der Waals surface area contributed by atoms with Crippen LogP contribution in [-0.2, 0) is 6.42 Å². The summed E-state index contributed by atoms with van der Waals surface area (Å²) in [5.74, 6) is 0.850. The molecule has 1 fully saturated rings. The quantitative estimate of drug-likeness (QED) is 0.632. The average molecular weight is 435 g/mol. The number of nitrogens with zero attached hydrogens (tertiary/aromatic N) is 2. The van der Waals surface area contributed by atoms with Crippen LogP contribution >= 0.6 is 0 Å². The minimum Gasteiger partial charge on any atom is -0.487 e. The summed E-state index contributed by atoms with van der Waals surface area (Å²) in [4.78, 5) is 4.63. The summed E-state index contributed by atoms with van der Waals surface area (Å²) in [6, 6.07) is 6.11. The number of ether oxygens (including phenoxy) is 2. The summed E-state index contributed by atoms with van der Waals surface area (Å²) < 4.78 is 47.3. The Labute approximate surface area is 181 Å². The first-order valence-electron chi connectivity index (χ1n) is 10.6. The van der Waals surface area contributed by atoms with Gasteiger partial charge in [0.2, 0.25) is 0 Å². The Morgan fingerprint density at radius 3 is 2.03 bits per heavy atom. The van der Waals surface area contributed by atoms with Crippen LogP contribution in [0.15, 0.2) is 24.3 Å². The number of hydrogen-bond acceptors (Lipinski definition) is 4. The van der Waals surface area contributed by atoms with E-state index in [1.54, 1.807) is 12.1 Å². The molecule has 4 nitrogen and oxygen atoms in total. The summed E-state index contributed by atoms with van der Waals surface area (Å²) in [5, 5.41) is 0. The molecule has 31 heavy (non-hydrogen) atoms. The lowest BCUT2D eigenvalue weighted by Gasteiger charge is -2.39. The van der Waals surface area contributed by atoms with Crippen LogP contribution in [0.3, 0.4) is 0 Å². The molecule has 2 heterocycles. The molecular formula is C24H29F3N2O2. The molecule has 0 unspecified atom stereocenters. The molecule has 2 aromatic carbocycles. The zero-order valence-corrected chi connectivity index (χ0v) is 18.7. The van der Waals surface area contributed by atoms with Crippen LogP contribution in [0.2, 0.25) is 0 Å². The predicted molar refractivity (Wildman–Crippen MR) is 117 cm³/mol. The van der Waals surface area contributed by atoms with E-state index in [4.69, 9.17) is 4.74 Å². The second-order valence-corrected chi connectivity index (χ2v) is 9.09. The van der Waals surface area contributed by atoms with Crippen LogP contribution in [0, 0.1) is 20.8 Å². The average Bonchev–Trinajstić information content (AvgIpc) is 3.02. The summed E-state index contributed by atoms with van der Waals surface area (Å²) in [6.07, 6.45) is -3.76. The summed E-state index contributed by atoms with van der Waals surface area (Å²) >= 11 is 0. The van der Waals surface area contributed by atoms with E-state index in [2.05, 4.69) is 49.2 Å². The normalized spacial score (nSPS) is 18.1. The molecule has 2 aromatic rings. The van der Waals surface area contributed by atoms with Gasteiger partial charge in [-0.25, -0.2) is 0 Å². The van der Waals surface area contributed by atoms with Gasteiger partial charge in [-0.1, -0.05) is 0 Å². The topological polar surface area (TPSA) is 24.9 Å². The molecule has 4 rings (SSSR count). The molecule has 0 N–H and O–H groups in total. The molecular weight excluding hydrogens is 405 g/mol. The van der Waals surface area contributed by atoms with Gasteiger partial charge in [-0.2, -0.15) is 0 Å². The molecule has 0 atom stereocenters. The standard InChI is InChI=1S/C24H29F3N2O2/c1-15-16(2)22-20(14-23(4,5)31-22)17(3)21(15)29-12-10-28(11-13-29)18-6-8-19(9-7-18)30-24(25,26)27/h6-9H,10-14H2,1-5H3. The fourth-order valence-electron chi connectivity index (χ4n) is 4.78. The lowest BCUT2D eigenvalue weighted by atomic mass is 9.92. The first-order valence-corrected chi connectivity index (χ1v) is 10.6. The molecule has 0 aliphatic carbocycles. The maximum absolute atomic E-state index is 12.4. The zero-order chi connectivity index (χ0) is 22.6. The van der Waals surface area contributed by atoms with E-state index in [9.17, 15) is 13.2 Å². The van der Waals surface area contributed by atoms with Crippen molar-refractivity contribution in [2.45, 2.75) is 53.0 Å². The lowest BCUT2D eigenvalue weighted by molar-refractivity contribution is -0.274. The third kappa shape index (κ3) is 4.27. The maximum atomic E-state index is 12.4. The predicted octanol–water partition coefficient (Wildman–Crippen LogP) is 5.55. The van der Waals surface area contributed by atoms with E-state index in [1.165, 1.54) is 40.1 Å². The number of anilines is 2. The number of benzene rings is 2. The second-order valence-electron chi connectivity index (χ2n) is 9.09. The van der Waals surface area contributed by atoms with Crippen molar-refractivity contribution in [1.82, 2.24) is 0 Å². The van der Waals surface area contributed by atoms with Crippen LogP contribution in [0.25, 0.3) is 0 Å². The van der Waals surface area contributed by atoms with Crippen molar-refractivity contribution in [1.29, 1.82) is 0 Å². The Balaban J connectivity index is 1.49. The van der Waals surface area contributed by atoms with E-state index in [-0.39, 0.29) is 11.4 Å². The van der Waals surface area contributed by atoms with E-state index < -0.39 is 6.36 Å². The van der Waals surface area contributed by atoms with Crippen molar-refractivity contribution in [3.63, 3.8) is 0 Å². The van der Waals surface area contributed by atoms with Crippen molar-refractivity contribution in [3.05, 3.63) is 46.5 Å². The fraction of sp³-hybridized carbons (Fsp3) is 0.500. The van der Waals surface area contributed by atoms with Gasteiger partial charge in [-0.3, -0.25) is 0 Å². The van der Waals surface area contributed by atoms with Crippen LogP contribution in [0.5, 0.6) is 11.5 Å². The van der Waals surface area contributed by atoms with Gasteiger partial charge in [0.25, 0.3) is 0 Å². The number of piperazine rings is 1. The molecule has 0 bridgehead atoms. The highest BCUT2D eigenvalue weighted by Crippen LogP contribution is 2.45. The molecule has 7 heteroatoms. The zero-order valence-electron chi connectivity index (χ0n) is 18.7. The van der Waals surface area contributed by atoms with Gasteiger partial charge in [0.05, 0.1) is 0 Å². The Morgan fingerprint density at radius 1 is 0.871 bits per heavy atom. The Bertz CT molecular complexity index is 976. The highest BCUT2D eigenvalue weighted by Gasteiger charge is 2.35. The molecule has 168 valence electrons. The highest BCUT2D eigenvalue weighted by atomic mass is 19.4. The van der Waals surface area contributed by atoms with Gasteiger partial charge >= 0.3 is 6.36 Å². The number of alkyl halides is 3. The van der Waals surface area contributed by atoms with Gasteiger partial charge in [0.1, 0.15) is 17.1 Å². The summed E-state index contributed by atoms with van der Waals surface area (Å²) in [7, 11) is 0. The number of rotatable bonds is 3. The smallest absolute Gasteiger partial charge is 0.487 e. The van der Waals surface area contributed by atoms with E-state index >= 15 is 0 Å². The molecule has 2 aliphatic heterocycles. The molecule has 0 aromatic heterocycles. The van der Waals surface area contributed by atoms with E-state index in [0.29, 0.717) is 0 Å². The second kappa shape index (κ2) is 7.53. The Morgan fingerprint density at radius 2 is 1.45 bits per heavy atom. The van der Waals surface area contributed by atoms with Crippen molar-refractivity contribution >= 4 is 11.4 Å². The van der Waals surface area contributed by atoms with Gasteiger partial charge < -0.3 is 19.3 Å². The minimum atomic E-state index is -4.67. The SMILES string of the molecule is Cc1c(C)c(N2CCN(c3ccc(OC(F)(F)F)cc3)CC2)c(C)c2c1OC(C)(C)C2. The van der Waals surface area contributed by atoms with Crippen LogP contribution in [0.1, 0.15) is 36.1 Å². The lowest BCUT2D eigenvalue weighted by Crippen LogP contribution is -2.47.